The van der Waals surface area contributed by atoms with Crippen molar-refractivity contribution < 1.29 is 9.53 Å². The Morgan fingerprint density at radius 1 is 1.08 bits per heavy atom. The Morgan fingerprint density at radius 2 is 1.75 bits per heavy atom. The highest BCUT2D eigenvalue weighted by molar-refractivity contribution is 6.09. The molecule has 3 rings (SSSR count). The molecule has 0 fully saturated rings. The van der Waals surface area contributed by atoms with Crippen LogP contribution in [0.2, 0.25) is 0 Å². The molecule has 3 aromatic rings. The molecule has 0 atom stereocenters. The minimum absolute atomic E-state index is 0.256. The van der Waals surface area contributed by atoms with Gasteiger partial charge in [-0.3, -0.25) is 14.4 Å². The van der Waals surface area contributed by atoms with Crippen LogP contribution in [0.15, 0.2) is 48.9 Å². The van der Waals surface area contributed by atoms with E-state index in [4.69, 9.17) is 4.74 Å². The zero-order valence-corrected chi connectivity index (χ0v) is 13.7. The van der Waals surface area contributed by atoms with Crippen LogP contribution in [0.3, 0.4) is 0 Å². The van der Waals surface area contributed by atoms with Gasteiger partial charge in [0.1, 0.15) is 11.6 Å². The number of ether oxygens (including phenoxy) is 1. The van der Waals surface area contributed by atoms with Crippen molar-refractivity contribution in [3.63, 3.8) is 0 Å². The van der Waals surface area contributed by atoms with Crippen LogP contribution >= 0.6 is 0 Å². The van der Waals surface area contributed by atoms with Gasteiger partial charge in [-0.2, -0.15) is 5.10 Å². The van der Waals surface area contributed by atoms with Gasteiger partial charge < -0.3 is 4.74 Å². The highest BCUT2D eigenvalue weighted by atomic mass is 16.5. The summed E-state index contributed by atoms with van der Waals surface area (Å²) in [4.78, 5) is 22.9. The summed E-state index contributed by atoms with van der Waals surface area (Å²) in [5.41, 5.74) is 1.59. The molecule has 122 valence electrons. The third kappa shape index (κ3) is 3.10. The second-order valence-electron chi connectivity index (χ2n) is 5.20. The quantitative estimate of drug-likeness (QED) is 0.737. The summed E-state index contributed by atoms with van der Waals surface area (Å²) < 4.78 is 6.76. The molecule has 0 saturated carbocycles. The van der Waals surface area contributed by atoms with Gasteiger partial charge in [0.25, 0.3) is 5.91 Å². The minimum Gasteiger partial charge on any atom is -0.497 e. The highest BCUT2D eigenvalue weighted by Crippen LogP contribution is 2.28. The Hall–Kier alpha value is -3.22. The van der Waals surface area contributed by atoms with Gasteiger partial charge in [0.05, 0.1) is 25.2 Å². The van der Waals surface area contributed by atoms with E-state index in [0.29, 0.717) is 28.6 Å². The number of carbonyl (C=O) groups excluding carboxylic acids is 1. The summed E-state index contributed by atoms with van der Waals surface area (Å²) in [6.07, 6.45) is 4.96. The van der Waals surface area contributed by atoms with E-state index < -0.39 is 0 Å². The number of anilines is 2. The van der Waals surface area contributed by atoms with Crippen molar-refractivity contribution in [2.45, 2.75) is 6.92 Å². The van der Waals surface area contributed by atoms with Crippen LogP contribution in [0.25, 0.3) is 0 Å². The van der Waals surface area contributed by atoms with E-state index in [2.05, 4.69) is 15.1 Å². The first-order valence-electron chi connectivity index (χ1n) is 7.35. The molecule has 0 aliphatic carbocycles. The summed E-state index contributed by atoms with van der Waals surface area (Å²) >= 11 is 0. The van der Waals surface area contributed by atoms with Crippen molar-refractivity contribution >= 4 is 17.3 Å². The molecule has 0 aliphatic rings. The molecular weight excluding hydrogens is 306 g/mol. The molecule has 1 amide bonds. The summed E-state index contributed by atoms with van der Waals surface area (Å²) in [5, 5.41) is 4.19. The number of amides is 1. The smallest absolute Gasteiger partial charge is 0.283 e. The molecule has 0 unspecified atom stereocenters. The largest absolute Gasteiger partial charge is 0.497 e. The number of benzene rings is 1. The van der Waals surface area contributed by atoms with E-state index in [0.717, 1.165) is 0 Å². The Balaban J connectivity index is 2.05. The molecule has 0 bridgehead atoms. The maximum atomic E-state index is 13.0. The van der Waals surface area contributed by atoms with E-state index in [9.17, 15) is 4.79 Å². The van der Waals surface area contributed by atoms with Crippen LogP contribution in [0.5, 0.6) is 5.75 Å². The van der Waals surface area contributed by atoms with Gasteiger partial charge in [-0.25, -0.2) is 9.97 Å². The molecule has 0 N–H and O–H groups in total. The fourth-order valence-corrected chi connectivity index (χ4v) is 2.26. The standard InChI is InChI=1S/C17H17N5O2/c1-12-18-10-14(11-19-12)22(13-4-6-15(24-3)7-5-13)17(23)16-8-9-21(2)20-16/h4-11H,1-3H3. The second kappa shape index (κ2) is 6.49. The molecule has 0 saturated heterocycles. The van der Waals surface area contributed by atoms with Gasteiger partial charge >= 0.3 is 0 Å². The normalized spacial score (nSPS) is 10.5. The molecule has 7 heteroatoms. The predicted octanol–water partition coefficient (Wildman–Crippen LogP) is 2.51. The number of rotatable bonds is 4. The van der Waals surface area contributed by atoms with Crippen LogP contribution in [0.1, 0.15) is 16.3 Å². The number of hydrogen-bond acceptors (Lipinski definition) is 5. The third-order valence-corrected chi connectivity index (χ3v) is 3.49. The van der Waals surface area contributed by atoms with E-state index >= 15 is 0 Å². The first-order valence-corrected chi connectivity index (χ1v) is 7.35. The summed E-state index contributed by atoms with van der Waals surface area (Å²) in [6, 6.07) is 8.87. The van der Waals surface area contributed by atoms with Crippen molar-refractivity contribution in [1.29, 1.82) is 0 Å². The zero-order valence-electron chi connectivity index (χ0n) is 13.7. The number of nitrogens with zero attached hydrogens (tertiary/aromatic N) is 5. The van der Waals surface area contributed by atoms with Crippen molar-refractivity contribution in [1.82, 2.24) is 19.7 Å². The molecule has 24 heavy (non-hydrogen) atoms. The van der Waals surface area contributed by atoms with Gasteiger partial charge in [-0.1, -0.05) is 0 Å². The summed E-state index contributed by atoms with van der Waals surface area (Å²) in [5.74, 6) is 1.09. The molecule has 0 aliphatic heterocycles. The molecule has 1 aromatic carbocycles. The zero-order chi connectivity index (χ0) is 17.1. The summed E-state index contributed by atoms with van der Waals surface area (Å²) in [6.45, 7) is 1.79. The van der Waals surface area contributed by atoms with E-state index in [1.165, 1.54) is 4.90 Å². The van der Waals surface area contributed by atoms with Crippen LogP contribution in [0, 0.1) is 6.92 Å². The predicted molar refractivity (Wildman–Crippen MR) is 89.4 cm³/mol. The van der Waals surface area contributed by atoms with E-state index in [-0.39, 0.29) is 5.91 Å². The lowest BCUT2D eigenvalue weighted by atomic mass is 10.2. The Kier molecular flexibility index (Phi) is 4.24. The molecule has 7 nitrogen and oxygen atoms in total. The van der Waals surface area contributed by atoms with Gasteiger partial charge in [0.15, 0.2) is 5.69 Å². The third-order valence-electron chi connectivity index (χ3n) is 3.49. The average molecular weight is 323 g/mol. The maximum Gasteiger partial charge on any atom is 0.283 e. The van der Waals surface area contributed by atoms with Crippen LogP contribution in [0.4, 0.5) is 11.4 Å². The van der Waals surface area contributed by atoms with Crippen molar-refractivity contribution in [2.24, 2.45) is 7.05 Å². The number of hydrogen-bond donors (Lipinski definition) is 0. The lowest BCUT2D eigenvalue weighted by molar-refractivity contribution is 0.0993. The molecule has 0 spiro atoms. The first kappa shape index (κ1) is 15.7. The van der Waals surface area contributed by atoms with Crippen LogP contribution < -0.4 is 9.64 Å². The van der Waals surface area contributed by atoms with Crippen molar-refractivity contribution in [3.8, 4) is 5.75 Å². The topological polar surface area (TPSA) is 73.1 Å². The Labute approximate surface area is 139 Å². The number of aromatic nitrogens is 4. The SMILES string of the molecule is COc1ccc(N(C(=O)c2ccn(C)n2)c2cnc(C)nc2)cc1. The average Bonchev–Trinajstić information content (AvgIpc) is 3.04. The molecule has 0 radical (unpaired) electrons. The van der Waals surface area contributed by atoms with Crippen LogP contribution in [-0.2, 0) is 7.05 Å². The first-order chi connectivity index (χ1) is 11.6. The van der Waals surface area contributed by atoms with Gasteiger partial charge in [0, 0.05) is 18.9 Å². The Bertz CT molecular complexity index is 840. The van der Waals surface area contributed by atoms with Gasteiger partial charge in [0.2, 0.25) is 0 Å². The molecule has 2 heterocycles. The van der Waals surface area contributed by atoms with Crippen molar-refractivity contribution in [3.05, 3.63) is 60.4 Å². The minimum atomic E-state index is -0.256. The fraction of sp³-hybridized carbons (Fsp3) is 0.176. The number of aryl methyl sites for hydroxylation is 2. The highest BCUT2D eigenvalue weighted by Gasteiger charge is 2.22. The van der Waals surface area contributed by atoms with Gasteiger partial charge in [-0.15, -0.1) is 0 Å². The second-order valence-corrected chi connectivity index (χ2v) is 5.20. The van der Waals surface area contributed by atoms with Gasteiger partial charge in [-0.05, 0) is 37.3 Å². The van der Waals surface area contributed by atoms with Crippen LogP contribution in [-0.4, -0.2) is 32.8 Å². The number of carbonyl (C=O) groups is 1. The maximum absolute atomic E-state index is 13.0. The monoisotopic (exact) mass is 323 g/mol. The molecular formula is C17H17N5O2. The number of methoxy groups -OCH3 is 1. The lowest BCUT2D eigenvalue weighted by Crippen LogP contribution is -2.27. The Morgan fingerprint density at radius 3 is 2.29 bits per heavy atom. The fourth-order valence-electron chi connectivity index (χ4n) is 2.26. The lowest BCUT2D eigenvalue weighted by Gasteiger charge is -2.21. The summed E-state index contributed by atoms with van der Waals surface area (Å²) in [7, 11) is 3.36. The van der Waals surface area contributed by atoms with E-state index in [1.54, 1.807) is 74.7 Å². The molecule has 2 aromatic heterocycles. The van der Waals surface area contributed by atoms with Crippen molar-refractivity contribution in [2.75, 3.05) is 12.0 Å². The van der Waals surface area contributed by atoms with E-state index in [1.807, 2.05) is 0 Å².